The number of imide groups is 1. The number of hydrogen-bond donors (Lipinski definition) is 3. The lowest BCUT2D eigenvalue weighted by atomic mass is 9.85. The number of aromatic nitrogens is 5. The van der Waals surface area contributed by atoms with Crippen LogP contribution in [0.4, 0.5) is 18.9 Å². The average molecular weight is 842 g/mol. The van der Waals surface area contributed by atoms with E-state index in [9.17, 15) is 37.5 Å². The largest absolute Gasteiger partial charge is 0.433 e. The van der Waals surface area contributed by atoms with Crippen LogP contribution >= 0.6 is 0 Å². The summed E-state index contributed by atoms with van der Waals surface area (Å²) in [6.07, 6.45) is 4.06. The standard InChI is InChI=1S/C44H50F3N9O5/c1-43(2,61)31-19-33-27(18-34(31)49-40(58)32-7-5-9-37(48-32)44(45,46)47)22-55(51-33)28-12-10-25(11-13-28)20-54-29-14-15-30(54)24-53(23-29)21-26-6-4-8-35-39(26)52(3)42(60)56(35)36-16-17-38(57)50-41(36)59/h4-9,18-19,22,25,28-30,36,61H,10-17,20-21,23-24H2,1-3H3,(H,49,58)(H,50,57,59)/t25?,28?,29-,30+,36?. The molecule has 1 unspecified atom stereocenters. The molecule has 2 bridgehead atoms. The van der Waals surface area contributed by atoms with Gasteiger partial charge in [0.1, 0.15) is 17.4 Å². The van der Waals surface area contributed by atoms with Crippen molar-refractivity contribution in [2.45, 2.75) is 108 Å². The van der Waals surface area contributed by atoms with E-state index < -0.39 is 35.3 Å². The van der Waals surface area contributed by atoms with E-state index >= 15 is 0 Å². The number of carbonyl (C=O) groups is 3. The highest BCUT2D eigenvalue weighted by Gasteiger charge is 2.41. The molecule has 3 N–H and O–H groups in total. The molecule has 0 spiro atoms. The highest BCUT2D eigenvalue weighted by Crippen LogP contribution is 2.39. The van der Waals surface area contributed by atoms with Gasteiger partial charge in [0.2, 0.25) is 11.8 Å². The van der Waals surface area contributed by atoms with Crippen LogP contribution < -0.4 is 16.3 Å². The zero-order valence-electron chi connectivity index (χ0n) is 34.4. The second-order valence-corrected chi connectivity index (χ2v) is 17.9. The molecule has 3 atom stereocenters. The number of nitrogens with one attached hydrogen (secondary N) is 2. The Bertz CT molecular complexity index is 2590. The molecule has 17 heteroatoms. The number of hydrogen-bond acceptors (Lipinski definition) is 9. The molecule has 322 valence electrons. The number of carbonyl (C=O) groups excluding carboxylic acids is 3. The van der Waals surface area contributed by atoms with E-state index in [1.807, 2.05) is 23.0 Å². The van der Waals surface area contributed by atoms with E-state index in [4.69, 9.17) is 5.10 Å². The molecular weight excluding hydrogens is 792 g/mol. The lowest BCUT2D eigenvalue weighted by Gasteiger charge is -2.43. The summed E-state index contributed by atoms with van der Waals surface area (Å²) < 4.78 is 45.0. The summed E-state index contributed by atoms with van der Waals surface area (Å²) in [6, 6.07) is 12.9. The van der Waals surface area contributed by atoms with E-state index in [0.29, 0.717) is 47.6 Å². The van der Waals surface area contributed by atoms with Crippen LogP contribution in [0, 0.1) is 5.92 Å². The highest BCUT2D eigenvalue weighted by molar-refractivity contribution is 6.04. The van der Waals surface area contributed by atoms with Gasteiger partial charge in [-0.25, -0.2) is 9.78 Å². The van der Waals surface area contributed by atoms with Crippen LogP contribution in [0.5, 0.6) is 0 Å². The number of imidazole rings is 1. The molecule has 1 saturated carbocycles. The van der Waals surface area contributed by atoms with Crippen LogP contribution in [0.25, 0.3) is 21.9 Å². The Hall–Kier alpha value is -5.39. The Balaban J connectivity index is 0.837. The summed E-state index contributed by atoms with van der Waals surface area (Å²) in [4.78, 5) is 59.9. The highest BCUT2D eigenvalue weighted by atomic mass is 19.4. The van der Waals surface area contributed by atoms with Crippen molar-refractivity contribution in [1.82, 2.24) is 39.0 Å². The predicted molar refractivity (Wildman–Crippen MR) is 221 cm³/mol. The Morgan fingerprint density at radius 2 is 1.64 bits per heavy atom. The van der Waals surface area contributed by atoms with Gasteiger partial charge in [-0.1, -0.05) is 18.2 Å². The van der Waals surface area contributed by atoms with Gasteiger partial charge in [-0.2, -0.15) is 18.3 Å². The molecule has 6 heterocycles. The van der Waals surface area contributed by atoms with E-state index in [-0.39, 0.29) is 35.4 Å². The van der Waals surface area contributed by atoms with Crippen molar-refractivity contribution >= 4 is 45.3 Å². The van der Waals surface area contributed by atoms with Gasteiger partial charge in [-0.3, -0.25) is 43.3 Å². The van der Waals surface area contributed by atoms with Crippen LogP contribution in [0.3, 0.4) is 0 Å². The number of piperidine rings is 1. The minimum Gasteiger partial charge on any atom is -0.386 e. The number of alkyl halides is 3. The number of pyridine rings is 1. The molecule has 4 fully saturated rings. The summed E-state index contributed by atoms with van der Waals surface area (Å²) in [5.74, 6) is -1.01. The molecular formula is C44H50F3N9O5. The number of fused-ring (bicyclic) bond motifs is 4. The lowest BCUT2D eigenvalue weighted by Crippen LogP contribution is -2.54. The summed E-state index contributed by atoms with van der Waals surface area (Å²) in [6.45, 7) is 6.78. The zero-order valence-corrected chi connectivity index (χ0v) is 34.4. The second-order valence-electron chi connectivity index (χ2n) is 17.9. The predicted octanol–water partition coefficient (Wildman–Crippen LogP) is 5.64. The molecule has 61 heavy (non-hydrogen) atoms. The van der Waals surface area contributed by atoms with Crippen molar-refractivity contribution in [2.75, 3.05) is 25.0 Å². The van der Waals surface area contributed by atoms with Crippen LogP contribution in [0.2, 0.25) is 0 Å². The number of aliphatic hydroxyl groups is 1. The molecule has 4 aliphatic rings. The molecule has 3 amide bonds. The fourth-order valence-electron chi connectivity index (χ4n) is 10.3. The van der Waals surface area contributed by atoms with Gasteiger partial charge in [0.05, 0.1) is 28.2 Å². The molecule has 1 aliphatic carbocycles. The molecule has 2 aromatic carbocycles. The van der Waals surface area contributed by atoms with Gasteiger partial charge >= 0.3 is 11.9 Å². The first kappa shape index (κ1) is 41.0. The van der Waals surface area contributed by atoms with Gasteiger partial charge in [0.25, 0.3) is 5.91 Å². The molecule has 14 nitrogen and oxygen atoms in total. The molecule has 3 aromatic heterocycles. The van der Waals surface area contributed by atoms with E-state index in [1.54, 1.807) is 42.2 Å². The third-order valence-corrected chi connectivity index (χ3v) is 13.3. The normalized spacial score (nSPS) is 24.1. The van der Waals surface area contributed by atoms with E-state index in [2.05, 4.69) is 31.5 Å². The fraction of sp³-hybridized carbons (Fsp3) is 0.500. The number of anilines is 1. The summed E-state index contributed by atoms with van der Waals surface area (Å²) in [7, 11) is 1.75. The summed E-state index contributed by atoms with van der Waals surface area (Å²) in [5, 5.41) is 21.7. The first-order valence-corrected chi connectivity index (χ1v) is 21.1. The van der Waals surface area contributed by atoms with Crippen molar-refractivity contribution in [3.63, 3.8) is 0 Å². The third-order valence-electron chi connectivity index (χ3n) is 13.3. The van der Waals surface area contributed by atoms with Crippen molar-refractivity contribution < 1.29 is 32.7 Å². The number of para-hydroxylation sites is 1. The SMILES string of the molecule is Cn1c(=O)n(C2CCC(=O)NC2=O)c2cccc(CN3C[C@H]4CC[C@@H](C3)N4CC3CCC(n4cc5cc(NC(=O)c6cccc(C(F)(F)F)n6)c(C(C)(C)O)cc5n4)CC3)c21. The smallest absolute Gasteiger partial charge is 0.386 e. The maximum Gasteiger partial charge on any atom is 0.433 e. The summed E-state index contributed by atoms with van der Waals surface area (Å²) >= 11 is 0. The average Bonchev–Trinajstić information content (AvgIpc) is 3.82. The van der Waals surface area contributed by atoms with Gasteiger partial charge in [-0.05, 0) is 101 Å². The number of halogens is 3. The third kappa shape index (κ3) is 7.87. The van der Waals surface area contributed by atoms with E-state index in [1.165, 1.54) is 6.07 Å². The lowest BCUT2D eigenvalue weighted by molar-refractivity contribution is -0.141. The van der Waals surface area contributed by atoms with Crippen molar-refractivity contribution in [1.29, 1.82) is 0 Å². The van der Waals surface area contributed by atoms with Crippen molar-refractivity contribution in [3.05, 3.63) is 87.7 Å². The number of piperazine rings is 1. The Morgan fingerprint density at radius 1 is 0.934 bits per heavy atom. The molecule has 3 saturated heterocycles. The minimum atomic E-state index is -4.70. The molecule has 5 aromatic rings. The first-order valence-electron chi connectivity index (χ1n) is 21.1. The van der Waals surface area contributed by atoms with Crippen LogP contribution in [0.15, 0.2) is 59.5 Å². The number of likely N-dealkylation sites (tertiary alicyclic amines) is 1. The van der Waals surface area contributed by atoms with Crippen molar-refractivity contribution in [2.24, 2.45) is 13.0 Å². The number of amides is 3. The maximum atomic E-state index is 13.5. The molecule has 3 aliphatic heterocycles. The van der Waals surface area contributed by atoms with Crippen molar-refractivity contribution in [3.8, 4) is 0 Å². The zero-order chi connectivity index (χ0) is 43.0. The van der Waals surface area contributed by atoms with Gasteiger partial charge < -0.3 is 10.4 Å². The maximum absolute atomic E-state index is 13.5. The number of nitrogens with zero attached hydrogens (tertiary/aromatic N) is 7. The summed E-state index contributed by atoms with van der Waals surface area (Å²) in [5.41, 5.74) is 0.692. The number of rotatable bonds is 9. The molecule has 0 radical (unpaired) electrons. The Labute approximate surface area is 349 Å². The monoisotopic (exact) mass is 841 g/mol. The van der Waals surface area contributed by atoms with Gasteiger partial charge in [0.15, 0.2) is 0 Å². The molecule has 9 rings (SSSR count). The van der Waals surface area contributed by atoms with Crippen LogP contribution in [0.1, 0.15) is 105 Å². The van der Waals surface area contributed by atoms with Gasteiger partial charge in [-0.15, -0.1) is 0 Å². The number of aryl methyl sites for hydroxylation is 1. The number of benzene rings is 2. The Kier molecular flexibility index (Phi) is 10.4. The quantitative estimate of drug-likeness (QED) is 0.160. The Morgan fingerprint density at radius 3 is 2.33 bits per heavy atom. The first-order chi connectivity index (χ1) is 29.0. The second kappa shape index (κ2) is 15.5. The minimum absolute atomic E-state index is 0.179. The fourth-order valence-corrected chi connectivity index (χ4v) is 10.3. The van der Waals surface area contributed by atoms with E-state index in [0.717, 1.165) is 86.8 Å². The van der Waals surface area contributed by atoms with Crippen LogP contribution in [-0.2, 0) is 35.0 Å². The topological polar surface area (TPSA) is 160 Å². The van der Waals surface area contributed by atoms with Gasteiger partial charge in [0, 0.05) is 74.6 Å². The van der Waals surface area contributed by atoms with Crippen LogP contribution in [-0.4, -0.2) is 88.2 Å².